The summed E-state index contributed by atoms with van der Waals surface area (Å²) in [5.41, 5.74) is 0.812. The highest BCUT2D eigenvalue weighted by atomic mass is 79.9. The van der Waals surface area contributed by atoms with Crippen molar-refractivity contribution in [3.8, 4) is 22.8 Å². The van der Waals surface area contributed by atoms with Crippen LogP contribution in [-0.2, 0) is 0 Å². The van der Waals surface area contributed by atoms with Gasteiger partial charge in [-0.2, -0.15) is 0 Å². The number of phenolic OH excluding ortho intramolecular Hbond substituents is 1. The summed E-state index contributed by atoms with van der Waals surface area (Å²) >= 11 is 3.60. The zero-order valence-electron chi connectivity index (χ0n) is 15.0. The van der Waals surface area contributed by atoms with E-state index in [1.165, 1.54) is 12.1 Å². The molecule has 1 N–H and O–H groups in total. The van der Waals surface area contributed by atoms with E-state index in [0.717, 1.165) is 12.0 Å². The van der Waals surface area contributed by atoms with Crippen LogP contribution in [0, 0.1) is 0 Å². The van der Waals surface area contributed by atoms with Crippen LogP contribution in [0.15, 0.2) is 57.7 Å². The van der Waals surface area contributed by atoms with Gasteiger partial charge in [0, 0.05) is 28.1 Å². The normalized spacial score (nSPS) is 12.9. The lowest BCUT2D eigenvalue weighted by Crippen LogP contribution is -2.22. The molecule has 3 aromatic rings. The van der Waals surface area contributed by atoms with Crippen LogP contribution in [0.25, 0.3) is 22.3 Å². The van der Waals surface area contributed by atoms with Gasteiger partial charge in [0.15, 0.2) is 5.43 Å². The van der Waals surface area contributed by atoms with Gasteiger partial charge in [0.05, 0.1) is 6.10 Å². The molecule has 1 aromatic heterocycles. The standard InChI is InChI=1S/C21H21BrO4/c1-13(12-21(2,3)22)25-15-9-16(23)20-17(24)11-18(26-19(20)10-15)14-7-5-4-6-8-14/h4-11,13,23H,12H2,1-3H3. The van der Waals surface area contributed by atoms with Gasteiger partial charge in [-0.15, -0.1) is 0 Å². The highest BCUT2D eigenvalue weighted by Gasteiger charge is 2.19. The van der Waals surface area contributed by atoms with Gasteiger partial charge in [-0.1, -0.05) is 46.3 Å². The zero-order chi connectivity index (χ0) is 18.9. The summed E-state index contributed by atoms with van der Waals surface area (Å²) in [6, 6.07) is 13.9. The van der Waals surface area contributed by atoms with Crippen molar-refractivity contribution in [3.63, 3.8) is 0 Å². The number of hydrogen-bond donors (Lipinski definition) is 1. The van der Waals surface area contributed by atoms with Crippen molar-refractivity contribution in [2.75, 3.05) is 0 Å². The Morgan fingerprint density at radius 2 is 1.88 bits per heavy atom. The second kappa shape index (κ2) is 7.16. The van der Waals surface area contributed by atoms with E-state index in [1.807, 2.05) is 37.3 Å². The van der Waals surface area contributed by atoms with E-state index in [4.69, 9.17) is 9.15 Å². The van der Waals surface area contributed by atoms with E-state index in [0.29, 0.717) is 17.1 Å². The quantitative estimate of drug-likeness (QED) is 0.558. The van der Waals surface area contributed by atoms with Crippen LogP contribution in [0.5, 0.6) is 11.5 Å². The molecule has 0 saturated carbocycles. The molecule has 0 bridgehead atoms. The van der Waals surface area contributed by atoms with Crippen molar-refractivity contribution in [2.24, 2.45) is 0 Å². The third-order valence-corrected chi connectivity index (χ3v) is 4.28. The first kappa shape index (κ1) is 18.5. The van der Waals surface area contributed by atoms with Gasteiger partial charge < -0.3 is 14.3 Å². The summed E-state index contributed by atoms with van der Waals surface area (Å²) in [6.07, 6.45) is 0.699. The van der Waals surface area contributed by atoms with Crippen LogP contribution in [0.3, 0.4) is 0 Å². The van der Waals surface area contributed by atoms with Gasteiger partial charge in [-0.3, -0.25) is 4.79 Å². The van der Waals surface area contributed by atoms with Gasteiger partial charge in [0.25, 0.3) is 0 Å². The molecule has 1 heterocycles. The molecular weight excluding hydrogens is 396 g/mol. The molecule has 1 unspecified atom stereocenters. The van der Waals surface area contributed by atoms with E-state index in [9.17, 15) is 9.90 Å². The number of phenols is 1. The second-order valence-corrected chi connectivity index (χ2v) is 9.15. The lowest BCUT2D eigenvalue weighted by Gasteiger charge is -2.22. The molecule has 0 aliphatic rings. The van der Waals surface area contributed by atoms with Gasteiger partial charge in [0.1, 0.15) is 28.2 Å². The maximum Gasteiger partial charge on any atom is 0.197 e. The monoisotopic (exact) mass is 416 g/mol. The van der Waals surface area contributed by atoms with Crippen LogP contribution >= 0.6 is 15.9 Å². The molecule has 0 fully saturated rings. The number of rotatable bonds is 5. The van der Waals surface area contributed by atoms with Crippen molar-refractivity contribution in [2.45, 2.75) is 37.6 Å². The number of ether oxygens (including phenoxy) is 1. The fraction of sp³-hybridized carbons (Fsp3) is 0.286. The largest absolute Gasteiger partial charge is 0.507 e. The number of alkyl halides is 1. The Morgan fingerprint density at radius 3 is 2.54 bits per heavy atom. The number of benzene rings is 2. The molecule has 0 aliphatic heterocycles. The molecule has 0 amide bonds. The summed E-state index contributed by atoms with van der Waals surface area (Å²) < 4.78 is 11.7. The predicted octanol–water partition coefficient (Wildman–Crippen LogP) is 5.50. The van der Waals surface area contributed by atoms with E-state index < -0.39 is 0 Å². The molecule has 1 atom stereocenters. The van der Waals surface area contributed by atoms with Crippen LogP contribution < -0.4 is 10.2 Å². The molecule has 0 radical (unpaired) electrons. The molecule has 0 saturated heterocycles. The van der Waals surface area contributed by atoms with Gasteiger partial charge in [-0.25, -0.2) is 0 Å². The molecule has 5 heteroatoms. The maximum atomic E-state index is 12.4. The van der Waals surface area contributed by atoms with Crippen LogP contribution in [-0.4, -0.2) is 15.5 Å². The Hall–Kier alpha value is -2.27. The van der Waals surface area contributed by atoms with Gasteiger partial charge in [-0.05, 0) is 27.2 Å². The fourth-order valence-corrected chi connectivity index (χ4v) is 3.47. The van der Waals surface area contributed by atoms with E-state index in [2.05, 4.69) is 29.8 Å². The topological polar surface area (TPSA) is 59.7 Å². The number of halogens is 1. The number of aromatic hydroxyl groups is 1. The highest BCUT2D eigenvalue weighted by molar-refractivity contribution is 9.10. The Labute approximate surface area is 160 Å². The Bertz CT molecular complexity index is 971. The first-order chi connectivity index (χ1) is 12.2. The van der Waals surface area contributed by atoms with Crippen molar-refractivity contribution in [1.29, 1.82) is 0 Å². The summed E-state index contributed by atoms with van der Waals surface area (Å²) in [6.45, 7) is 6.09. The minimum atomic E-state index is -0.288. The molecular formula is C21H21BrO4. The SMILES string of the molecule is CC(CC(C)(C)Br)Oc1cc(O)c2c(=O)cc(-c3ccccc3)oc2c1. The molecule has 3 rings (SSSR count). The van der Waals surface area contributed by atoms with E-state index in [1.54, 1.807) is 6.07 Å². The van der Waals surface area contributed by atoms with E-state index in [-0.39, 0.29) is 27.0 Å². The summed E-state index contributed by atoms with van der Waals surface area (Å²) in [5.74, 6) is 0.776. The molecule has 2 aromatic carbocycles. The van der Waals surface area contributed by atoms with Crippen LogP contribution in [0.4, 0.5) is 0 Å². The van der Waals surface area contributed by atoms with Crippen LogP contribution in [0.1, 0.15) is 27.2 Å². The minimum absolute atomic E-state index is 0.0572. The summed E-state index contributed by atoms with van der Waals surface area (Å²) in [4.78, 5) is 12.4. The minimum Gasteiger partial charge on any atom is -0.507 e. The van der Waals surface area contributed by atoms with Crippen molar-refractivity contribution < 1.29 is 14.3 Å². The Morgan fingerprint density at radius 1 is 1.19 bits per heavy atom. The Kier molecular flexibility index (Phi) is 5.10. The molecule has 4 nitrogen and oxygen atoms in total. The molecule has 0 aliphatic carbocycles. The lowest BCUT2D eigenvalue weighted by atomic mass is 10.1. The number of fused-ring (bicyclic) bond motifs is 1. The summed E-state index contributed by atoms with van der Waals surface area (Å²) in [5, 5.41) is 10.4. The lowest BCUT2D eigenvalue weighted by molar-refractivity contribution is 0.200. The predicted molar refractivity (Wildman–Crippen MR) is 107 cm³/mol. The third-order valence-electron chi connectivity index (χ3n) is 3.95. The van der Waals surface area contributed by atoms with Crippen molar-refractivity contribution >= 4 is 26.9 Å². The molecule has 136 valence electrons. The Balaban J connectivity index is 2.02. The average Bonchev–Trinajstić information content (AvgIpc) is 2.53. The molecule has 0 spiro atoms. The maximum absolute atomic E-state index is 12.4. The first-order valence-electron chi connectivity index (χ1n) is 8.45. The highest BCUT2D eigenvalue weighted by Crippen LogP contribution is 2.32. The number of hydrogen-bond acceptors (Lipinski definition) is 4. The van der Waals surface area contributed by atoms with Gasteiger partial charge in [0.2, 0.25) is 0 Å². The van der Waals surface area contributed by atoms with Crippen molar-refractivity contribution in [3.05, 3.63) is 58.8 Å². The fourth-order valence-electron chi connectivity index (χ4n) is 3.01. The first-order valence-corrected chi connectivity index (χ1v) is 9.24. The molecule has 26 heavy (non-hydrogen) atoms. The summed E-state index contributed by atoms with van der Waals surface area (Å²) in [7, 11) is 0. The third kappa shape index (κ3) is 4.28. The smallest absolute Gasteiger partial charge is 0.197 e. The van der Waals surface area contributed by atoms with Gasteiger partial charge >= 0.3 is 0 Å². The second-order valence-electron chi connectivity index (χ2n) is 7.01. The van der Waals surface area contributed by atoms with Crippen molar-refractivity contribution in [1.82, 2.24) is 0 Å². The zero-order valence-corrected chi connectivity index (χ0v) is 16.5. The van der Waals surface area contributed by atoms with E-state index >= 15 is 0 Å². The van der Waals surface area contributed by atoms with Crippen LogP contribution in [0.2, 0.25) is 0 Å². The average molecular weight is 417 g/mol.